The van der Waals surface area contributed by atoms with Gasteiger partial charge in [-0.3, -0.25) is 4.79 Å². The lowest BCUT2D eigenvalue weighted by Crippen LogP contribution is -2.30. The number of halogens is 1. The third-order valence-corrected chi connectivity index (χ3v) is 7.41. The SMILES string of the molecule is CN(C(=O)CCCN(C)S(=O)(=O)c1ccc(F)cc1)c1ccc(S(C)(=O)=O)cc1. The van der Waals surface area contributed by atoms with Gasteiger partial charge in [-0.05, 0) is 55.0 Å². The number of amides is 1. The summed E-state index contributed by atoms with van der Waals surface area (Å²) < 4.78 is 62.0. The molecule has 0 saturated heterocycles. The van der Waals surface area contributed by atoms with Crippen LogP contribution in [0.3, 0.4) is 0 Å². The van der Waals surface area contributed by atoms with E-state index in [1.807, 2.05) is 0 Å². The normalized spacial score (nSPS) is 12.2. The number of rotatable bonds is 8. The van der Waals surface area contributed by atoms with Gasteiger partial charge in [0, 0.05) is 39.0 Å². The molecule has 0 unspecified atom stereocenters. The highest BCUT2D eigenvalue weighted by atomic mass is 32.2. The van der Waals surface area contributed by atoms with Crippen LogP contribution in [0.1, 0.15) is 12.8 Å². The molecule has 0 radical (unpaired) electrons. The number of sulfone groups is 1. The molecule has 7 nitrogen and oxygen atoms in total. The largest absolute Gasteiger partial charge is 0.316 e. The standard InChI is InChI=1S/C19H23FN2O5S2/c1-21(29(26,27)18-10-6-15(20)7-11-18)14-4-5-19(23)22(2)16-8-12-17(13-9-16)28(3,24)25/h6-13H,4-5,14H2,1-3H3. The lowest BCUT2D eigenvalue weighted by molar-refractivity contribution is -0.118. The Morgan fingerprint density at radius 2 is 1.41 bits per heavy atom. The van der Waals surface area contributed by atoms with Crippen molar-refractivity contribution in [3.05, 3.63) is 54.3 Å². The molecule has 10 heteroatoms. The molecule has 0 aromatic heterocycles. The molecule has 0 aliphatic heterocycles. The van der Waals surface area contributed by atoms with Crippen LogP contribution in [-0.2, 0) is 24.7 Å². The second-order valence-electron chi connectivity index (χ2n) is 6.60. The molecule has 0 spiro atoms. The Kier molecular flexibility index (Phi) is 7.15. The first kappa shape index (κ1) is 23.0. The fourth-order valence-corrected chi connectivity index (χ4v) is 4.43. The van der Waals surface area contributed by atoms with E-state index in [1.165, 1.54) is 36.2 Å². The number of nitrogens with zero attached hydrogens (tertiary/aromatic N) is 2. The van der Waals surface area contributed by atoms with Crippen LogP contribution in [0.4, 0.5) is 10.1 Å². The fraction of sp³-hybridized carbons (Fsp3) is 0.316. The Labute approximate surface area is 170 Å². The van der Waals surface area contributed by atoms with Crippen molar-refractivity contribution in [3.63, 3.8) is 0 Å². The van der Waals surface area contributed by atoms with E-state index in [-0.39, 0.29) is 28.7 Å². The molecule has 0 N–H and O–H groups in total. The maximum Gasteiger partial charge on any atom is 0.242 e. The van der Waals surface area contributed by atoms with Gasteiger partial charge in [0.15, 0.2) is 9.84 Å². The smallest absolute Gasteiger partial charge is 0.242 e. The van der Waals surface area contributed by atoms with Gasteiger partial charge in [-0.2, -0.15) is 0 Å². The van der Waals surface area contributed by atoms with E-state index < -0.39 is 25.7 Å². The van der Waals surface area contributed by atoms with Crippen LogP contribution in [-0.4, -0.2) is 53.9 Å². The van der Waals surface area contributed by atoms with Crippen molar-refractivity contribution in [2.75, 3.05) is 31.8 Å². The molecular weight excluding hydrogens is 419 g/mol. The van der Waals surface area contributed by atoms with Crippen LogP contribution < -0.4 is 4.90 Å². The third kappa shape index (κ3) is 5.84. The van der Waals surface area contributed by atoms with Crippen molar-refractivity contribution in [2.24, 2.45) is 0 Å². The minimum Gasteiger partial charge on any atom is -0.316 e. The first-order valence-electron chi connectivity index (χ1n) is 8.71. The van der Waals surface area contributed by atoms with Crippen molar-refractivity contribution in [1.29, 1.82) is 0 Å². The van der Waals surface area contributed by atoms with Crippen molar-refractivity contribution >= 4 is 31.5 Å². The molecule has 0 aliphatic rings. The van der Waals surface area contributed by atoms with Gasteiger partial charge < -0.3 is 4.90 Å². The molecule has 2 rings (SSSR count). The van der Waals surface area contributed by atoms with Gasteiger partial charge >= 0.3 is 0 Å². The first-order chi connectivity index (χ1) is 13.4. The van der Waals surface area contributed by atoms with Crippen molar-refractivity contribution in [3.8, 4) is 0 Å². The van der Waals surface area contributed by atoms with E-state index in [0.717, 1.165) is 22.7 Å². The topological polar surface area (TPSA) is 91.8 Å². The predicted molar refractivity (Wildman–Crippen MR) is 108 cm³/mol. The summed E-state index contributed by atoms with van der Waals surface area (Å²) in [4.78, 5) is 13.9. The number of benzene rings is 2. The first-order valence-corrected chi connectivity index (χ1v) is 12.0. The van der Waals surface area contributed by atoms with Crippen LogP contribution in [0.25, 0.3) is 0 Å². The Morgan fingerprint density at radius 3 is 1.93 bits per heavy atom. The van der Waals surface area contributed by atoms with Crippen molar-refractivity contribution < 1.29 is 26.0 Å². The average molecular weight is 443 g/mol. The molecule has 29 heavy (non-hydrogen) atoms. The van der Waals surface area contributed by atoms with E-state index in [4.69, 9.17) is 0 Å². The van der Waals surface area contributed by atoms with Gasteiger partial charge in [-0.1, -0.05) is 0 Å². The van der Waals surface area contributed by atoms with Gasteiger partial charge in [-0.25, -0.2) is 25.5 Å². The Hall–Kier alpha value is -2.30. The van der Waals surface area contributed by atoms with Crippen LogP contribution >= 0.6 is 0 Å². The summed E-state index contributed by atoms with van der Waals surface area (Å²) in [5, 5.41) is 0. The maximum absolute atomic E-state index is 13.0. The van der Waals surface area contributed by atoms with E-state index in [0.29, 0.717) is 12.1 Å². The van der Waals surface area contributed by atoms with E-state index in [1.54, 1.807) is 19.2 Å². The minimum absolute atomic E-state index is 0.0178. The predicted octanol–water partition coefficient (Wildman–Crippen LogP) is 2.29. The molecule has 158 valence electrons. The molecular formula is C19H23FN2O5S2. The van der Waals surface area contributed by atoms with Gasteiger partial charge in [0.1, 0.15) is 5.82 Å². The zero-order chi connectivity index (χ0) is 21.8. The summed E-state index contributed by atoms with van der Waals surface area (Å²) in [6, 6.07) is 10.5. The quantitative estimate of drug-likeness (QED) is 0.626. The van der Waals surface area contributed by atoms with Crippen LogP contribution in [0.5, 0.6) is 0 Å². The molecule has 0 fully saturated rings. The van der Waals surface area contributed by atoms with E-state index >= 15 is 0 Å². The van der Waals surface area contributed by atoms with Gasteiger partial charge in [-0.15, -0.1) is 0 Å². The molecule has 0 bridgehead atoms. The maximum atomic E-state index is 13.0. The van der Waals surface area contributed by atoms with Crippen LogP contribution in [0, 0.1) is 5.82 Å². The summed E-state index contributed by atoms with van der Waals surface area (Å²) in [6.45, 7) is 0.117. The van der Waals surface area contributed by atoms with E-state index in [2.05, 4.69) is 0 Å². The zero-order valence-corrected chi connectivity index (χ0v) is 18.0. The van der Waals surface area contributed by atoms with Gasteiger partial charge in [0.25, 0.3) is 0 Å². The second kappa shape index (κ2) is 9.02. The second-order valence-corrected chi connectivity index (χ2v) is 10.7. The summed E-state index contributed by atoms with van der Waals surface area (Å²) >= 11 is 0. The summed E-state index contributed by atoms with van der Waals surface area (Å²) in [7, 11) is -4.11. The Morgan fingerprint density at radius 1 is 0.897 bits per heavy atom. The Balaban J connectivity index is 1.94. The average Bonchev–Trinajstić information content (AvgIpc) is 2.67. The Bertz CT molecular complexity index is 1070. The summed E-state index contributed by atoms with van der Waals surface area (Å²) in [6.07, 6.45) is 1.50. The zero-order valence-electron chi connectivity index (χ0n) is 16.4. The minimum atomic E-state index is -3.76. The lowest BCUT2D eigenvalue weighted by Gasteiger charge is -2.20. The summed E-state index contributed by atoms with van der Waals surface area (Å²) in [5.41, 5.74) is 0.537. The highest BCUT2D eigenvalue weighted by molar-refractivity contribution is 7.90. The number of hydrogen-bond acceptors (Lipinski definition) is 5. The molecule has 0 aliphatic carbocycles. The number of hydrogen-bond donors (Lipinski definition) is 0. The number of anilines is 1. The highest BCUT2D eigenvalue weighted by Gasteiger charge is 2.21. The number of sulfonamides is 1. The number of carbonyl (C=O) groups is 1. The monoisotopic (exact) mass is 442 g/mol. The van der Waals surface area contributed by atoms with Crippen molar-refractivity contribution in [1.82, 2.24) is 4.31 Å². The van der Waals surface area contributed by atoms with Gasteiger partial charge in [0.2, 0.25) is 15.9 Å². The summed E-state index contributed by atoms with van der Waals surface area (Å²) in [5.74, 6) is -0.755. The van der Waals surface area contributed by atoms with Gasteiger partial charge in [0.05, 0.1) is 9.79 Å². The van der Waals surface area contributed by atoms with Crippen LogP contribution in [0.2, 0.25) is 0 Å². The fourth-order valence-electron chi connectivity index (χ4n) is 2.59. The molecule has 2 aromatic rings. The highest BCUT2D eigenvalue weighted by Crippen LogP contribution is 2.19. The molecule has 0 atom stereocenters. The van der Waals surface area contributed by atoms with Crippen LogP contribution in [0.15, 0.2) is 58.3 Å². The molecule has 1 amide bonds. The number of carbonyl (C=O) groups excluding carboxylic acids is 1. The van der Waals surface area contributed by atoms with Crippen molar-refractivity contribution in [2.45, 2.75) is 22.6 Å². The molecule has 0 heterocycles. The third-order valence-electron chi connectivity index (χ3n) is 4.41. The van der Waals surface area contributed by atoms with E-state index in [9.17, 15) is 26.0 Å². The molecule has 2 aromatic carbocycles. The lowest BCUT2D eigenvalue weighted by atomic mass is 10.2. The molecule has 0 saturated carbocycles.